The zero-order valence-corrected chi connectivity index (χ0v) is 17.2. The van der Waals surface area contributed by atoms with Crippen LogP contribution < -0.4 is 5.32 Å². The van der Waals surface area contributed by atoms with Crippen LogP contribution in [0.3, 0.4) is 0 Å². The van der Waals surface area contributed by atoms with Crippen molar-refractivity contribution in [1.82, 2.24) is 20.1 Å². The smallest absolute Gasteiger partial charge is 0.290 e. The van der Waals surface area contributed by atoms with Gasteiger partial charge in [-0.1, -0.05) is 18.6 Å². The second-order valence-corrected chi connectivity index (χ2v) is 7.33. The average Bonchev–Trinajstić information content (AvgIpc) is 3.14. The van der Waals surface area contributed by atoms with Crippen molar-refractivity contribution in [2.75, 3.05) is 25.0 Å². The Morgan fingerprint density at radius 2 is 2.03 bits per heavy atom. The number of halogens is 1. The van der Waals surface area contributed by atoms with Gasteiger partial charge in [-0.15, -0.1) is 0 Å². The summed E-state index contributed by atoms with van der Waals surface area (Å²) in [6.45, 7) is 2.89. The van der Waals surface area contributed by atoms with E-state index in [2.05, 4.69) is 25.4 Å². The first-order valence-electron chi connectivity index (χ1n) is 10.3. The molecule has 164 valence electrons. The van der Waals surface area contributed by atoms with Crippen LogP contribution in [0.25, 0.3) is 22.2 Å². The lowest BCUT2D eigenvalue weighted by Crippen LogP contribution is -2.31. The normalized spacial score (nSPS) is 14.0. The molecule has 8 nitrogen and oxygen atoms in total. The first-order valence-corrected chi connectivity index (χ1v) is 10.3. The van der Waals surface area contributed by atoms with Crippen LogP contribution in [0.15, 0.2) is 36.5 Å². The molecule has 1 fully saturated rings. The number of benzene rings is 1. The highest BCUT2D eigenvalue weighted by molar-refractivity contribution is 5.91. The van der Waals surface area contributed by atoms with Crippen molar-refractivity contribution in [3.05, 3.63) is 42.3 Å². The van der Waals surface area contributed by atoms with Gasteiger partial charge >= 0.3 is 0 Å². The van der Waals surface area contributed by atoms with E-state index in [-0.39, 0.29) is 23.9 Å². The summed E-state index contributed by atoms with van der Waals surface area (Å²) >= 11 is 0. The van der Waals surface area contributed by atoms with E-state index in [4.69, 9.17) is 9.90 Å². The molecule has 0 spiro atoms. The van der Waals surface area contributed by atoms with Crippen molar-refractivity contribution >= 4 is 29.1 Å². The van der Waals surface area contributed by atoms with Crippen LogP contribution in [0.4, 0.5) is 10.2 Å². The summed E-state index contributed by atoms with van der Waals surface area (Å²) in [6, 6.07) is 9.20. The van der Waals surface area contributed by atoms with Gasteiger partial charge in [0, 0.05) is 23.6 Å². The Hall–Kier alpha value is -3.33. The van der Waals surface area contributed by atoms with Crippen LogP contribution in [-0.4, -0.2) is 57.2 Å². The van der Waals surface area contributed by atoms with Gasteiger partial charge in [-0.05, 0) is 57.1 Å². The number of anilines is 1. The van der Waals surface area contributed by atoms with Crippen LogP contribution in [0, 0.1) is 5.82 Å². The number of likely N-dealkylation sites (tertiary alicyclic amines) is 1. The van der Waals surface area contributed by atoms with Crippen molar-refractivity contribution in [1.29, 1.82) is 0 Å². The molecular weight excluding hydrogens is 401 g/mol. The average molecular weight is 427 g/mol. The maximum atomic E-state index is 14.8. The maximum Gasteiger partial charge on any atom is 0.290 e. The lowest BCUT2D eigenvalue weighted by molar-refractivity contribution is -0.123. The second-order valence-electron chi connectivity index (χ2n) is 7.33. The number of aromatic nitrogens is 3. The number of nitrogens with zero attached hydrogens (tertiary/aromatic N) is 3. The molecule has 4 rings (SSSR count). The second kappa shape index (κ2) is 11.2. The molecule has 1 aromatic carbocycles. The number of hydrogen-bond donors (Lipinski definition) is 3. The predicted octanol–water partition coefficient (Wildman–Crippen LogP) is 3.67. The summed E-state index contributed by atoms with van der Waals surface area (Å²) in [5, 5.41) is 17.1. The fourth-order valence-corrected chi connectivity index (χ4v) is 3.67. The molecule has 1 saturated heterocycles. The van der Waals surface area contributed by atoms with Gasteiger partial charge in [0.15, 0.2) is 11.6 Å². The number of H-pyrrole nitrogens is 1. The lowest BCUT2D eigenvalue weighted by atomic mass is 10.1. The standard InChI is InChI=1S/C21H24FN5O.CH2O2/c22-19-20(16-8-9-17-15(14-16)6-4-10-23-17)25-26-21(19)24-18(28)7-5-13-27-11-2-1-3-12-27;2-1-3/h4,6,8-10,14H,1-3,5,7,11-13H2,(H2,24,25,26,28);1H,(H,2,3). The highest BCUT2D eigenvalue weighted by Gasteiger charge is 2.17. The predicted molar refractivity (Wildman–Crippen MR) is 116 cm³/mol. The van der Waals surface area contributed by atoms with E-state index < -0.39 is 5.82 Å². The van der Waals surface area contributed by atoms with Crippen molar-refractivity contribution in [2.24, 2.45) is 0 Å². The number of aromatic amines is 1. The Morgan fingerprint density at radius 1 is 1.26 bits per heavy atom. The number of rotatable bonds is 6. The molecule has 0 aliphatic carbocycles. The monoisotopic (exact) mass is 427 g/mol. The number of carbonyl (C=O) groups is 2. The van der Waals surface area contributed by atoms with Crippen LogP contribution >= 0.6 is 0 Å². The quantitative estimate of drug-likeness (QED) is 0.518. The van der Waals surface area contributed by atoms with E-state index in [0.717, 1.165) is 37.0 Å². The summed E-state index contributed by atoms with van der Waals surface area (Å²) in [5.74, 6) is -0.731. The van der Waals surface area contributed by atoms with Gasteiger partial charge in [0.1, 0.15) is 5.69 Å². The van der Waals surface area contributed by atoms with Crippen LogP contribution in [0.1, 0.15) is 32.1 Å². The van der Waals surface area contributed by atoms with Gasteiger partial charge in [-0.2, -0.15) is 5.10 Å². The van der Waals surface area contributed by atoms with Crippen molar-refractivity contribution < 1.29 is 19.1 Å². The topological polar surface area (TPSA) is 111 Å². The van der Waals surface area contributed by atoms with E-state index in [1.54, 1.807) is 12.3 Å². The fraction of sp³-hybridized carbons (Fsp3) is 0.364. The number of pyridine rings is 1. The molecule has 0 unspecified atom stereocenters. The van der Waals surface area contributed by atoms with E-state index >= 15 is 0 Å². The third-order valence-corrected chi connectivity index (χ3v) is 5.17. The number of hydrogen-bond acceptors (Lipinski definition) is 5. The Balaban J connectivity index is 0.000000858. The zero-order chi connectivity index (χ0) is 22.1. The molecule has 0 atom stereocenters. The molecule has 3 N–H and O–H groups in total. The van der Waals surface area contributed by atoms with Gasteiger partial charge in [-0.25, -0.2) is 4.39 Å². The van der Waals surface area contributed by atoms with Crippen molar-refractivity contribution in [2.45, 2.75) is 32.1 Å². The molecule has 1 aliphatic rings. The summed E-state index contributed by atoms with van der Waals surface area (Å²) in [5.41, 5.74) is 1.67. The number of amides is 1. The molecular formula is C22H26FN5O3. The van der Waals surface area contributed by atoms with Crippen LogP contribution in [0.5, 0.6) is 0 Å². The molecule has 2 aromatic heterocycles. The minimum Gasteiger partial charge on any atom is -0.483 e. The molecule has 0 saturated carbocycles. The number of carbonyl (C=O) groups excluding carboxylic acids is 1. The third kappa shape index (κ3) is 6.08. The first-order chi connectivity index (χ1) is 15.1. The van der Waals surface area contributed by atoms with Gasteiger partial charge in [-0.3, -0.25) is 19.7 Å². The minimum absolute atomic E-state index is 0.0178. The Labute approximate surface area is 179 Å². The summed E-state index contributed by atoms with van der Waals surface area (Å²) in [7, 11) is 0. The Morgan fingerprint density at radius 3 is 2.81 bits per heavy atom. The molecule has 0 bridgehead atoms. The maximum absolute atomic E-state index is 14.8. The van der Waals surface area contributed by atoms with Crippen molar-refractivity contribution in [3.63, 3.8) is 0 Å². The van der Waals surface area contributed by atoms with E-state index in [1.807, 2.05) is 24.3 Å². The number of piperidine rings is 1. The van der Waals surface area contributed by atoms with Gasteiger partial charge < -0.3 is 15.3 Å². The molecule has 0 radical (unpaired) electrons. The van der Waals surface area contributed by atoms with E-state index in [9.17, 15) is 9.18 Å². The number of fused-ring (bicyclic) bond motifs is 1. The number of carboxylic acid groups (broad SMARTS) is 1. The molecule has 3 aromatic rings. The van der Waals surface area contributed by atoms with Crippen LogP contribution in [-0.2, 0) is 9.59 Å². The van der Waals surface area contributed by atoms with E-state index in [1.165, 1.54) is 19.3 Å². The Kier molecular flexibility index (Phi) is 8.05. The molecule has 1 aliphatic heterocycles. The zero-order valence-electron chi connectivity index (χ0n) is 17.2. The van der Waals surface area contributed by atoms with Crippen LogP contribution in [0.2, 0.25) is 0 Å². The van der Waals surface area contributed by atoms with Gasteiger partial charge in [0.2, 0.25) is 5.91 Å². The fourth-order valence-electron chi connectivity index (χ4n) is 3.67. The molecule has 31 heavy (non-hydrogen) atoms. The van der Waals surface area contributed by atoms with Gasteiger partial charge in [0.05, 0.1) is 5.52 Å². The number of nitrogens with one attached hydrogen (secondary N) is 2. The summed E-state index contributed by atoms with van der Waals surface area (Å²) in [4.78, 5) is 27.2. The molecule has 3 heterocycles. The largest absolute Gasteiger partial charge is 0.483 e. The minimum atomic E-state index is -0.548. The summed E-state index contributed by atoms with van der Waals surface area (Å²) < 4.78 is 14.8. The van der Waals surface area contributed by atoms with Crippen molar-refractivity contribution in [3.8, 4) is 11.3 Å². The third-order valence-electron chi connectivity index (χ3n) is 5.17. The SMILES string of the molecule is O=C(CCCN1CCCCC1)Nc1[nH]nc(-c2ccc3ncccc3c2)c1F.O=CO. The summed E-state index contributed by atoms with van der Waals surface area (Å²) in [6.07, 6.45) is 6.62. The molecule has 9 heteroatoms. The molecule has 1 amide bonds. The first kappa shape index (κ1) is 22.4. The lowest BCUT2D eigenvalue weighted by Gasteiger charge is -2.26. The highest BCUT2D eigenvalue weighted by atomic mass is 19.1. The van der Waals surface area contributed by atoms with Gasteiger partial charge in [0.25, 0.3) is 6.47 Å². The highest BCUT2D eigenvalue weighted by Crippen LogP contribution is 2.27. The van der Waals surface area contributed by atoms with E-state index in [0.29, 0.717) is 12.0 Å². The Bertz CT molecular complexity index is 1020.